The summed E-state index contributed by atoms with van der Waals surface area (Å²) < 4.78 is 26.9. The number of carbonyl (C=O) groups is 2. The fourth-order valence-electron chi connectivity index (χ4n) is 2.34. The lowest BCUT2D eigenvalue weighted by atomic mass is 10.1. The molecule has 7 nitrogen and oxygen atoms in total. The van der Waals surface area contributed by atoms with Crippen LogP contribution in [-0.4, -0.2) is 55.6 Å². The molecule has 1 atom stereocenters. The molecule has 0 saturated carbocycles. The molecule has 9 heteroatoms. The maximum absolute atomic E-state index is 14.0. The van der Waals surface area contributed by atoms with Gasteiger partial charge in [0.2, 0.25) is 5.67 Å². The summed E-state index contributed by atoms with van der Waals surface area (Å²) in [6.07, 6.45) is 0.935. The van der Waals surface area contributed by atoms with Crippen molar-refractivity contribution < 1.29 is 23.5 Å². The van der Waals surface area contributed by atoms with Crippen LogP contribution < -0.4 is 0 Å². The number of rotatable bonds is 3. The number of aliphatic carboxylic acids is 1. The molecule has 1 aromatic heterocycles. The summed E-state index contributed by atoms with van der Waals surface area (Å²) >= 11 is 0. The number of hydrogen-bond donors (Lipinski definition) is 1. The first-order chi connectivity index (χ1) is 10.9. The summed E-state index contributed by atoms with van der Waals surface area (Å²) in [5.41, 5.74) is -2.01. The first-order valence-electron chi connectivity index (χ1n) is 6.79. The number of alkyl halides is 1. The van der Waals surface area contributed by atoms with Gasteiger partial charge < -0.3 is 10.0 Å². The van der Waals surface area contributed by atoms with Gasteiger partial charge in [0.1, 0.15) is 5.82 Å². The van der Waals surface area contributed by atoms with E-state index < -0.39 is 29.9 Å². The summed E-state index contributed by atoms with van der Waals surface area (Å²) in [6.45, 7) is -0.532. The monoisotopic (exact) mass is 322 g/mol. The van der Waals surface area contributed by atoms with Crippen molar-refractivity contribution in [3.63, 3.8) is 0 Å². The van der Waals surface area contributed by atoms with Crippen molar-refractivity contribution in [1.29, 1.82) is 0 Å². The van der Waals surface area contributed by atoms with Crippen LogP contribution in [0.2, 0.25) is 0 Å². The highest BCUT2D eigenvalue weighted by molar-refractivity contribution is 5.93. The van der Waals surface area contributed by atoms with E-state index in [2.05, 4.69) is 10.2 Å². The number of amides is 1. The highest BCUT2D eigenvalue weighted by Gasteiger charge is 2.47. The van der Waals surface area contributed by atoms with Crippen molar-refractivity contribution in [2.24, 2.45) is 0 Å². The van der Waals surface area contributed by atoms with E-state index in [1.807, 2.05) is 0 Å². The fraction of sp³-hybridized carbons (Fsp3) is 0.286. The van der Waals surface area contributed by atoms with Crippen molar-refractivity contribution in [2.45, 2.75) is 12.1 Å². The van der Waals surface area contributed by atoms with Gasteiger partial charge in [0.15, 0.2) is 5.69 Å². The minimum atomic E-state index is -2.43. The minimum absolute atomic E-state index is 0.00889. The van der Waals surface area contributed by atoms with E-state index in [0.29, 0.717) is 5.69 Å². The number of carboxylic acid groups (broad SMARTS) is 1. The zero-order chi connectivity index (χ0) is 16.6. The Kier molecular flexibility index (Phi) is 3.55. The van der Waals surface area contributed by atoms with Gasteiger partial charge in [0, 0.05) is 13.0 Å². The van der Waals surface area contributed by atoms with Gasteiger partial charge in [-0.15, -0.1) is 5.10 Å². The molecule has 1 amide bonds. The number of halogens is 2. The Hall–Kier alpha value is -2.84. The highest BCUT2D eigenvalue weighted by atomic mass is 19.1. The first kappa shape index (κ1) is 15.1. The number of nitrogens with zero attached hydrogens (tertiary/aromatic N) is 4. The second-order valence-electron chi connectivity index (χ2n) is 5.24. The molecule has 1 fully saturated rings. The molecular formula is C14H12F2N4O3. The molecule has 0 aliphatic carbocycles. The van der Waals surface area contributed by atoms with Crippen LogP contribution in [0.5, 0.6) is 0 Å². The van der Waals surface area contributed by atoms with Gasteiger partial charge in [-0.2, -0.15) is 9.90 Å². The van der Waals surface area contributed by atoms with E-state index in [4.69, 9.17) is 5.11 Å². The summed E-state index contributed by atoms with van der Waals surface area (Å²) in [5, 5.41) is 16.7. The topological polar surface area (TPSA) is 88.3 Å². The standard InChI is InChI=1S/C14H12F2N4O3/c15-9-1-3-10(4-2-9)20-17-7-11(18-20)12(21)19-6-5-14(16,8-19)13(22)23/h1-4,7H,5-6,8H2,(H,22,23). The SMILES string of the molecule is O=C(c1cnn(-c2ccc(F)cc2)n1)N1CCC(F)(C(=O)O)C1. The third-order valence-corrected chi connectivity index (χ3v) is 3.66. The van der Waals surface area contributed by atoms with E-state index in [0.717, 1.165) is 9.70 Å². The molecular weight excluding hydrogens is 310 g/mol. The zero-order valence-corrected chi connectivity index (χ0v) is 11.8. The van der Waals surface area contributed by atoms with Crippen LogP contribution in [0.1, 0.15) is 16.9 Å². The van der Waals surface area contributed by atoms with Gasteiger partial charge in [-0.1, -0.05) is 0 Å². The van der Waals surface area contributed by atoms with Crippen LogP contribution >= 0.6 is 0 Å². The highest BCUT2D eigenvalue weighted by Crippen LogP contribution is 2.26. The van der Waals surface area contributed by atoms with Crippen molar-refractivity contribution in [2.75, 3.05) is 13.1 Å². The Labute approximate surface area is 129 Å². The Morgan fingerprint density at radius 1 is 1.26 bits per heavy atom. The van der Waals surface area contributed by atoms with E-state index in [1.54, 1.807) is 0 Å². The lowest BCUT2D eigenvalue weighted by Gasteiger charge is -2.16. The Morgan fingerprint density at radius 2 is 1.96 bits per heavy atom. The molecule has 2 heterocycles. The lowest BCUT2D eigenvalue weighted by Crippen LogP contribution is -2.39. The molecule has 0 spiro atoms. The van der Waals surface area contributed by atoms with Crippen LogP contribution in [0.4, 0.5) is 8.78 Å². The third kappa shape index (κ3) is 2.77. The number of hydrogen-bond acceptors (Lipinski definition) is 4. The fourth-order valence-corrected chi connectivity index (χ4v) is 2.34. The molecule has 0 radical (unpaired) electrons. The summed E-state index contributed by atoms with van der Waals surface area (Å²) in [7, 11) is 0. The molecule has 1 aliphatic heterocycles. The zero-order valence-electron chi connectivity index (χ0n) is 11.8. The quantitative estimate of drug-likeness (QED) is 0.912. The molecule has 1 N–H and O–H groups in total. The molecule has 1 saturated heterocycles. The van der Waals surface area contributed by atoms with E-state index >= 15 is 0 Å². The first-order valence-corrected chi connectivity index (χ1v) is 6.79. The van der Waals surface area contributed by atoms with Gasteiger partial charge in [-0.05, 0) is 24.3 Å². The normalized spacial score (nSPS) is 20.7. The van der Waals surface area contributed by atoms with Crippen LogP contribution in [0, 0.1) is 5.82 Å². The number of benzene rings is 1. The van der Waals surface area contributed by atoms with E-state index in [9.17, 15) is 18.4 Å². The predicted molar refractivity (Wildman–Crippen MR) is 73.3 cm³/mol. The van der Waals surface area contributed by atoms with Gasteiger partial charge in [0.05, 0.1) is 18.4 Å². The molecule has 3 rings (SSSR count). The number of carbonyl (C=O) groups excluding carboxylic acids is 1. The number of aromatic nitrogens is 3. The summed E-state index contributed by atoms with van der Waals surface area (Å²) in [5.74, 6) is -2.59. The Morgan fingerprint density at radius 3 is 2.57 bits per heavy atom. The summed E-state index contributed by atoms with van der Waals surface area (Å²) in [6, 6.07) is 5.34. The summed E-state index contributed by atoms with van der Waals surface area (Å²) in [4.78, 5) is 25.3. The second kappa shape index (κ2) is 5.41. The smallest absolute Gasteiger partial charge is 0.343 e. The average molecular weight is 322 g/mol. The van der Waals surface area contributed by atoms with E-state index in [1.165, 1.54) is 30.5 Å². The molecule has 120 valence electrons. The molecule has 0 bridgehead atoms. The maximum Gasteiger partial charge on any atom is 0.343 e. The largest absolute Gasteiger partial charge is 0.479 e. The van der Waals surface area contributed by atoms with Crippen molar-refractivity contribution in [1.82, 2.24) is 19.9 Å². The maximum atomic E-state index is 14.0. The van der Waals surface area contributed by atoms with Gasteiger partial charge >= 0.3 is 5.97 Å². The van der Waals surface area contributed by atoms with Crippen LogP contribution in [0.15, 0.2) is 30.5 Å². The lowest BCUT2D eigenvalue weighted by molar-refractivity contribution is -0.149. The minimum Gasteiger partial charge on any atom is -0.479 e. The number of likely N-dealkylation sites (tertiary alicyclic amines) is 1. The Bertz CT molecular complexity index is 762. The van der Waals surface area contributed by atoms with Crippen LogP contribution in [-0.2, 0) is 4.79 Å². The third-order valence-electron chi connectivity index (χ3n) is 3.66. The van der Waals surface area contributed by atoms with Gasteiger partial charge in [0.25, 0.3) is 5.91 Å². The average Bonchev–Trinajstić information content (AvgIpc) is 3.15. The van der Waals surface area contributed by atoms with Crippen molar-refractivity contribution in [3.8, 4) is 5.69 Å². The van der Waals surface area contributed by atoms with Crippen LogP contribution in [0.25, 0.3) is 5.69 Å². The molecule has 1 aromatic carbocycles. The molecule has 1 aliphatic rings. The van der Waals surface area contributed by atoms with E-state index in [-0.39, 0.29) is 18.7 Å². The van der Waals surface area contributed by atoms with Gasteiger partial charge in [-0.25, -0.2) is 13.6 Å². The molecule has 1 unspecified atom stereocenters. The van der Waals surface area contributed by atoms with Crippen molar-refractivity contribution >= 4 is 11.9 Å². The number of carboxylic acids is 1. The molecule has 2 aromatic rings. The van der Waals surface area contributed by atoms with Crippen LogP contribution in [0.3, 0.4) is 0 Å². The Balaban J connectivity index is 1.77. The second-order valence-corrected chi connectivity index (χ2v) is 5.24. The predicted octanol–water partition coefficient (Wildman–Crippen LogP) is 1.05. The van der Waals surface area contributed by atoms with Gasteiger partial charge in [-0.3, -0.25) is 4.79 Å². The molecule has 23 heavy (non-hydrogen) atoms. The van der Waals surface area contributed by atoms with Crippen molar-refractivity contribution in [3.05, 3.63) is 42.0 Å².